The van der Waals surface area contributed by atoms with Gasteiger partial charge < -0.3 is 9.47 Å². The Morgan fingerprint density at radius 2 is 2.05 bits per heavy atom. The van der Waals surface area contributed by atoms with Gasteiger partial charge in [0.15, 0.2) is 0 Å². The third kappa shape index (κ3) is 5.06. The first kappa shape index (κ1) is 16.9. The van der Waals surface area contributed by atoms with E-state index in [0.717, 1.165) is 0 Å². The van der Waals surface area contributed by atoms with Crippen molar-refractivity contribution in [2.75, 3.05) is 13.2 Å². The number of hydrogen-bond donors (Lipinski definition) is 0. The van der Waals surface area contributed by atoms with E-state index in [-0.39, 0.29) is 12.4 Å². The van der Waals surface area contributed by atoms with E-state index >= 15 is 0 Å². The molecule has 5 heteroatoms. The normalized spacial score (nSPS) is 13.2. The lowest BCUT2D eigenvalue weighted by molar-refractivity contribution is -0.139. The Hall–Kier alpha value is -1.20. The summed E-state index contributed by atoms with van der Waals surface area (Å²) in [6, 6.07) is 4.43. The average molecular weight is 345 g/mol. The molecule has 1 atom stereocenters. The van der Waals surface area contributed by atoms with Crippen LogP contribution in [0.4, 0.5) is 4.39 Å². The minimum absolute atomic E-state index is 0.280. The Bertz CT molecular complexity index is 480. The van der Waals surface area contributed by atoms with Crippen LogP contribution in [0.2, 0.25) is 0 Å². The molecule has 0 N–H and O–H groups in total. The number of halogens is 2. The van der Waals surface area contributed by atoms with Gasteiger partial charge in [-0.2, -0.15) is 0 Å². The van der Waals surface area contributed by atoms with Gasteiger partial charge in [-0.1, -0.05) is 15.9 Å². The van der Waals surface area contributed by atoms with Crippen molar-refractivity contribution in [1.29, 1.82) is 0 Å². The van der Waals surface area contributed by atoms with Gasteiger partial charge in [0, 0.05) is 11.1 Å². The van der Waals surface area contributed by atoms with E-state index in [1.807, 2.05) is 6.92 Å². The van der Waals surface area contributed by atoms with E-state index in [0.29, 0.717) is 22.2 Å². The molecule has 0 saturated carbocycles. The molecule has 0 bridgehead atoms. The van der Waals surface area contributed by atoms with Gasteiger partial charge in [-0.05, 0) is 50.6 Å². The van der Waals surface area contributed by atoms with Crippen molar-refractivity contribution in [3.05, 3.63) is 39.6 Å². The molecule has 0 aliphatic heterocycles. The topological polar surface area (TPSA) is 35.5 Å². The van der Waals surface area contributed by atoms with E-state index in [1.54, 1.807) is 26.0 Å². The number of esters is 1. The summed E-state index contributed by atoms with van der Waals surface area (Å²) in [6.45, 7) is 6.10. The van der Waals surface area contributed by atoms with Gasteiger partial charge in [0.2, 0.25) is 0 Å². The number of benzene rings is 1. The second-order valence-corrected chi connectivity index (χ2v) is 5.04. The fourth-order valence-corrected chi connectivity index (χ4v) is 2.22. The molecule has 1 unspecified atom stereocenters. The summed E-state index contributed by atoms with van der Waals surface area (Å²) in [6.07, 6.45) is 1.17. The highest BCUT2D eigenvalue weighted by molar-refractivity contribution is 9.10. The van der Waals surface area contributed by atoms with Gasteiger partial charge in [-0.3, -0.25) is 0 Å². The van der Waals surface area contributed by atoms with E-state index < -0.39 is 12.1 Å². The SMILES string of the molecule is CCOC(=O)/C(=C/c1cc(F)cc(Br)c1)C(C)OCC. The molecule has 0 aliphatic rings. The highest BCUT2D eigenvalue weighted by Gasteiger charge is 2.18. The zero-order valence-corrected chi connectivity index (χ0v) is 13.4. The second kappa shape index (κ2) is 8.17. The summed E-state index contributed by atoms with van der Waals surface area (Å²) >= 11 is 3.22. The maximum Gasteiger partial charge on any atom is 0.336 e. The van der Waals surface area contributed by atoms with E-state index in [2.05, 4.69) is 15.9 Å². The molecular weight excluding hydrogens is 327 g/mol. The Balaban J connectivity index is 3.13. The minimum Gasteiger partial charge on any atom is -0.463 e. The quantitative estimate of drug-likeness (QED) is 0.578. The number of hydrogen-bond acceptors (Lipinski definition) is 3. The molecule has 0 heterocycles. The van der Waals surface area contributed by atoms with Crippen molar-refractivity contribution in [1.82, 2.24) is 0 Å². The highest BCUT2D eigenvalue weighted by atomic mass is 79.9. The number of ether oxygens (including phenoxy) is 2. The zero-order valence-electron chi connectivity index (χ0n) is 11.8. The van der Waals surface area contributed by atoms with Gasteiger partial charge in [-0.25, -0.2) is 9.18 Å². The molecule has 0 aromatic heterocycles. The standard InChI is InChI=1S/C15H18BrFO3/c1-4-19-10(3)14(15(18)20-5-2)8-11-6-12(16)9-13(17)7-11/h6-10H,4-5H2,1-3H3/b14-8+. The van der Waals surface area contributed by atoms with Crippen LogP contribution in [0.15, 0.2) is 28.2 Å². The molecule has 20 heavy (non-hydrogen) atoms. The van der Waals surface area contributed by atoms with Crippen LogP contribution in [0.1, 0.15) is 26.3 Å². The third-order valence-electron chi connectivity index (χ3n) is 2.57. The van der Waals surface area contributed by atoms with Crippen molar-refractivity contribution in [2.24, 2.45) is 0 Å². The predicted octanol–water partition coefficient (Wildman–Crippen LogP) is 3.96. The van der Waals surface area contributed by atoms with Gasteiger partial charge in [-0.15, -0.1) is 0 Å². The van der Waals surface area contributed by atoms with Gasteiger partial charge >= 0.3 is 5.97 Å². The average Bonchev–Trinajstić information content (AvgIpc) is 2.35. The number of rotatable bonds is 6. The number of carbonyl (C=O) groups excluding carboxylic acids is 1. The monoisotopic (exact) mass is 344 g/mol. The van der Waals surface area contributed by atoms with Crippen LogP contribution in [-0.2, 0) is 14.3 Å². The van der Waals surface area contributed by atoms with Crippen molar-refractivity contribution >= 4 is 28.0 Å². The number of carbonyl (C=O) groups is 1. The molecule has 0 fully saturated rings. The van der Waals surface area contributed by atoms with Crippen LogP contribution >= 0.6 is 15.9 Å². The summed E-state index contributed by atoms with van der Waals surface area (Å²) in [5, 5.41) is 0. The molecule has 1 rings (SSSR count). The largest absolute Gasteiger partial charge is 0.463 e. The molecule has 0 spiro atoms. The molecule has 3 nitrogen and oxygen atoms in total. The minimum atomic E-state index is -0.450. The lowest BCUT2D eigenvalue weighted by atomic mass is 10.1. The summed E-state index contributed by atoms with van der Waals surface area (Å²) in [5.74, 6) is -0.827. The van der Waals surface area contributed by atoms with Crippen LogP contribution in [-0.4, -0.2) is 25.3 Å². The Labute approximate surface area is 126 Å². The van der Waals surface area contributed by atoms with E-state index in [4.69, 9.17) is 9.47 Å². The van der Waals surface area contributed by atoms with Gasteiger partial charge in [0.05, 0.1) is 18.3 Å². The zero-order chi connectivity index (χ0) is 15.1. The molecule has 1 aromatic rings. The van der Waals surface area contributed by atoms with Crippen LogP contribution in [0.25, 0.3) is 6.08 Å². The first-order valence-corrected chi connectivity index (χ1v) is 7.23. The van der Waals surface area contributed by atoms with Crippen molar-refractivity contribution < 1.29 is 18.7 Å². The fourth-order valence-electron chi connectivity index (χ4n) is 1.73. The van der Waals surface area contributed by atoms with Crippen molar-refractivity contribution in [3.63, 3.8) is 0 Å². The van der Waals surface area contributed by atoms with Crippen molar-refractivity contribution in [2.45, 2.75) is 26.9 Å². The van der Waals surface area contributed by atoms with Crippen LogP contribution in [0.3, 0.4) is 0 Å². The molecule has 0 saturated heterocycles. The Morgan fingerprint density at radius 1 is 1.35 bits per heavy atom. The maximum absolute atomic E-state index is 13.4. The predicted molar refractivity (Wildman–Crippen MR) is 79.8 cm³/mol. The van der Waals surface area contributed by atoms with Crippen molar-refractivity contribution in [3.8, 4) is 0 Å². The highest BCUT2D eigenvalue weighted by Crippen LogP contribution is 2.19. The first-order valence-electron chi connectivity index (χ1n) is 6.44. The lowest BCUT2D eigenvalue weighted by Gasteiger charge is -2.15. The molecule has 0 amide bonds. The molecule has 1 aromatic carbocycles. The smallest absolute Gasteiger partial charge is 0.336 e. The second-order valence-electron chi connectivity index (χ2n) is 4.12. The van der Waals surface area contributed by atoms with Gasteiger partial charge in [0.1, 0.15) is 5.82 Å². The Kier molecular flexibility index (Phi) is 6.88. The van der Waals surface area contributed by atoms with Crippen LogP contribution in [0, 0.1) is 5.82 Å². The summed E-state index contributed by atoms with van der Waals surface area (Å²) in [7, 11) is 0. The molecular formula is C15H18BrFO3. The van der Waals surface area contributed by atoms with Crippen LogP contribution in [0.5, 0.6) is 0 Å². The Morgan fingerprint density at radius 3 is 2.60 bits per heavy atom. The van der Waals surface area contributed by atoms with Crippen LogP contribution < -0.4 is 0 Å². The first-order chi connectivity index (χ1) is 9.47. The molecule has 0 radical (unpaired) electrons. The summed E-state index contributed by atoms with van der Waals surface area (Å²) < 4.78 is 24.4. The lowest BCUT2D eigenvalue weighted by Crippen LogP contribution is -2.20. The third-order valence-corrected chi connectivity index (χ3v) is 3.03. The molecule has 110 valence electrons. The molecule has 0 aliphatic carbocycles. The summed E-state index contributed by atoms with van der Waals surface area (Å²) in [4.78, 5) is 12.0. The van der Waals surface area contributed by atoms with Gasteiger partial charge in [0.25, 0.3) is 0 Å². The van der Waals surface area contributed by atoms with E-state index in [9.17, 15) is 9.18 Å². The fraction of sp³-hybridized carbons (Fsp3) is 0.400. The van der Waals surface area contributed by atoms with E-state index in [1.165, 1.54) is 12.1 Å². The maximum atomic E-state index is 13.4. The summed E-state index contributed by atoms with van der Waals surface area (Å²) in [5.41, 5.74) is 0.942.